The van der Waals surface area contributed by atoms with Crippen LogP contribution in [-0.4, -0.2) is 0 Å². The first-order chi connectivity index (χ1) is 22.1. The molecule has 1 aliphatic rings. The molecular weight excluding hydrogens is 540 g/mol. The number of rotatable bonds is 3. The fraction of sp³-hybridized carbons (Fsp3) is 0.0667. The molecule has 0 heteroatoms. The van der Waals surface area contributed by atoms with Gasteiger partial charge in [0.2, 0.25) is 0 Å². The molecule has 212 valence electrons. The number of benzene rings is 8. The Morgan fingerprint density at radius 3 is 1.49 bits per heavy atom. The van der Waals surface area contributed by atoms with Crippen LogP contribution in [0.2, 0.25) is 0 Å². The van der Waals surface area contributed by atoms with Crippen molar-refractivity contribution in [2.24, 2.45) is 0 Å². The van der Waals surface area contributed by atoms with Gasteiger partial charge in [0.05, 0.1) is 0 Å². The first kappa shape index (κ1) is 26.0. The van der Waals surface area contributed by atoms with Crippen molar-refractivity contribution in [3.8, 4) is 44.5 Å². The molecule has 0 radical (unpaired) electrons. The highest BCUT2D eigenvalue weighted by molar-refractivity contribution is 6.22. The molecule has 0 saturated heterocycles. The third-order valence-corrected chi connectivity index (χ3v) is 10.0. The van der Waals surface area contributed by atoms with E-state index in [0.29, 0.717) is 0 Å². The second-order valence-electron chi connectivity index (χ2n) is 12.9. The molecule has 1 aliphatic carbocycles. The summed E-state index contributed by atoms with van der Waals surface area (Å²) in [6.45, 7) is 4.81. The van der Waals surface area contributed by atoms with E-state index in [2.05, 4.69) is 172 Å². The Labute approximate surface area is 264 Å². The third kappa shape index (κ3) is 3.85. The van der Waals surface area contributed by atoms with Crippen LogP contribution in [0.3, 0.4) is 0 Å². The van der Waals surface area contributed by atoms with Crippen LogP contribution < -0.4 is 0 Å². The van der Waals surface area contributed by atoms with Gasteiger partial charge in [-0.2, -0.15) is 0 Å². The summed E-state index contributed by atoms with van der Waals surface area (Å²) in [5.74, 6) is 0. The average Bonchev–Trinajstić information content (AvgIpc) is 3.32. The zero-order chi connectivity index (χ0) is 30.1. The van der Waals surface area contributed by atoms with Gasteiger partial charge in [-0.25, -0.2) is 0 Å². The standard InChI is InChI=1S/C45H32/c1-45(2)41-28-33-16-7-6-15-32(33)27-40(41)38-21-12-22-39(44(38)45)43-36-19-10-8-17-34(36)42(35-18-9-11-20-37(35)43)31-25-23-30(24-26-31)29-13-4-3-5-14-29/h3-28H,1-2H3. The van der Waals surface area contributed by atoms with E-state index in [1.807, 2.05) is 0 Å². The first-order valence-corrected chi connectivity index (χ1v) is 15.9. The minimum absolute atomic E-state index is 0.139. The lowest BCUT2D eigenvalue weighted by atomic mass is 9.76. The maximum Gasteiger partial charge on any atom is 0.0165 e. The quantitative estimate of drug-likeness (QED) is 0.185. The average molecular weight is 573 g/mol. The summed E-state index contributed by atoms with van der Waals surface area (Å²) in [7, 11) is 0. The maximum atomic E-state index is 2.42. The van der Waals surface area contributed by atoms with Gasteiger partial charge in [0.15, 0.2) is 0 Å². The lowest BCUT2D eigenvalue weighted by molar-refractivity contribution is 0.663. The number of hydrogen-bond acceptors (Lipinski definition) is 0. The molecule has 0 unspecified atom stereocenters. The van der Waals surface area contributed by atoms with Crippen molar-refractivity contribution in [1.29, 1.82) is 0 Å². The molecule has 0 aromatic heterocycles. The van der Waals surface area contributed by atoms with Crippen LogP contribution in [0.4, 0.5) is 0 Å². The molecule has 0 heterocycles. The van der Waals surface area contributed by atoms with E-state index in [1.165, 1.54) is 88.0 Å². The molecule has 45 heavy (non-hydrogen) atoms. The van der Waals surface area contributed by atoms with Crippen molar-refractivity contribution in [2.75, 3.05) is 0 Å². The van der Waals surface area contributed by atoms with E-state index in [0.717, 1.165) is 0 Å². The molecule has 8 aromatic rings. The van der Waals surface area contributed by atoms with Gasteiger partial charge in [-0.1, -0.05) is 159 Å². The predicted molar refractivity (Wildman–Crippen MR) is 193 cm³/mol. The smallest absolute Gasteiger partial charge is 0.0165 e. The number of fused-ring (bicyclic) bond motifs is 6. The Morgan fingerprint density at radius 2 is 0.844 bits per heavy atom. The van der Waals surface area contributed by atoms with Crippen LogP contribution in [0.25, 0.3) is 76.8 Å². The zero-order valence-corrected chi connectivity index (χ0v) is 25.5. The van der Waals surface area contributed by atoms with E-state index < -0.39 is 0 Å². The summed E-state index contributed by atoms with van der Waals surface area (Å²) in [6.07, 6.45) is 0. The fourth-order valence-corrected chi connectivity index (χ4v) is 7.96. The molecule has 0 saturated carbocycles. The lowest BCUT2D eigenvalue weighted by Gasteiger charge is -2.26. The van der Waals surface area contributed by atoms with Gasteiger partial charge in [-0.3, -0.25) is 0 Å². The molecule has 0 spiro atoms. The van der Waals surface area contributed by atoms with Gasteiger partial charge in [-0.15, -0.1) is 0 Å². The Morgan fingerprint density at radius 1 is 0.356 bits per heavy atom. The zero-order valence-electron chi connectivity index (χ0n) is 25.5. The molecule has 0 bridgehead atoms. The van der Waals surface area contributed by atoms with Gasteiger partial charge in [-0.05, 0) is 100 Å². The van der Waals surface area contributed by atoms with Crippen molar-refractivity contribution in [3.63, 3.8) is 0 Å². The SMILES string of the molecule is CC1(C)c2cc3ccccc3cc2-c2cccc(-c3c4ccccc4c(-c4ccc(-c5ccccc5)cc4)c4ccccc34)c21. The molecule has 0 nitrogen and oxygen atoms in total. The highest BCUT2D eigenvalue weighted by Crippen LogP contribution is 2.55. The largest absolute Gasteiger partial charge is 0.0622 e. The summed E-state index contributed by atoms with van der Waals surface area (Å²) in [5.41, 5.74) is 13.1. The van der Waals surface area contributed by atoms with E-state index in [-0.39, 0.29) is 5.41 Å². The second-order valence-corrected chi connectivity index (χ2v) is 12.9. The molecule has 8 aromatic carbocycles. The Balaban J connectivity index is 1.32. The van der Waals surface area contributed by atoms with Gasteiger partial charge < -0.3 is 0 Å². The topological polar surface area (TPSA) is 0 Å². The minimum atomic E-state index is -0.139. The second kappa shape index (κ2) is 9.78. The molecule has 0 N–H and O–H groups in total. The van der Waals surface area contributed by atoms with Gasteiger partial charge in [0, 0.05) is 5.41 Å². The van der Waals surface area contributed by atoms with Gasteiger partial charge in [0.25, 0.3) is 0 Å². The summed E-state index contributed by atoms with van der Waals surface area (Å²) in [6, 6.07) is 58.3. The maximum absolute atomic E-state index is 2.42. The molecule has 0 aliphatic heterocycles. The van der Waals surface area contributed by atoms with Crippen LogP contribution in [0.1, 0.15) is 25.0 Å². The summed E-state index contributed by atoms with van der Waals surface area (Å²) in [4.78, 5) is 0. The van der Waals surface area contributed by atoms with Crippen molar-refractivity contribution in [3.05, 3.63) is 169 Å². The minimum Gasteiger partial charge on any atom is -0.0622 e. The summed E-state index contributed by atoms with van der Waals surface area (Å²) in [5, 5.41) is 7.76. The van der Waals surface area contributed by atoms with Crippen LogP contribution in [0, 0.1) is 0 Å². The van der Waals surface area contributed by atoms with Crippen LogP contribution in [0.15, 0.2) is 158 Å². The van der Waals surface area contributed by atoms with Crippen LogP contribution in [0.5, 0.6) is 0 Å². The predicted octanol–water partition coefficient (Wildman–Crippen LogP) is 12.5. The fourth-order valence-electron chi connectivity index (χ4n) is 7.96. The third-order valence-electron chi connectivity index (χ3n) is 10.0. The van der Waals surface area contributed by atoms with E-state index in [4.69, 9.17) is 0 Å². The number of hydrogen-bond donors (Lipinski definition) is 0. The molecule has 0 fully saturated rings. The van der Waals surface area contributed by atoms with Gasteiger partial charge in [0.1, 0.15) is 0 Å². The summed E-state index contributed by atoms with van der Waals surface area (Å²) < 4.78 is 0. The Hall–Kier alpha value is -5.46. The Kier molecular flexibility index (Phi) is 5.64. The first-order valence-electron chi connectivity index (χ1n) is 15.9. The van der Waals surface area contributed by atoms with Crippen molar-refractivity contribution in [2.45, 2.75) is 19.3 Å². The van der Waals surface area contributed by atoms with Gasteiger partial charge >= 0.3 is 0 Å². The van der Waals surface area contributed by atoms with E-state index in [9.17, 15) is 0 Å². The van der Waals surface area contributed by atoms with Crippen LogP contribution >= 0.6 is 0 Å². The highest BCUT2D eigenvalue weighted by Gasteiger charge is 2.38. The molecule has 0 atom stereocenters. The van der Waals surface area contributed by atoms with Crippen molar-refractivity contribution >= 4 is 32.3 Å². The monoisotopic (exact) mass is 572 g/mol. The van der Waals surface area contributed by atoms with Crippen LogP contribution in [-0.2, 0) is 5.41 Å². The normalized spacial score (nSPS) is 13.3. The van der Waals surface area contributed by atoms with E-state index in [1.54, 1.807) is 0 Å². The van der Waals surface area contributed by atoms with Crippen molar-refractivity contribution < 1.29 is 0 Å². The summed E-state index contributed by atoms with van der Waals surface area (Å²) >= 11 is 0. The molecule has 0 amide bonds. The highest BCUT2D eigenvalue weighted by atomic mass is 14.4. The van der Waals surface area contributed by atoms with Crippen molar-refractivity contribution in [1.82, 2.24) is 0 Å². The Bertz CT molecular complexity index is 2370. The molecular formula is C45H32. The lowest BCUT2D eigenvalue weighted by Crippen LogP contribution is -2.16. The molecule has 9 rings (SSSR count). The van der Waals surface area contributed by atoms with E-state index >= 15 is 0 Å².